The van der Waals surface area contributed by atoms with E-state index in [-0.39, 0.29) is 4.49 Å². The molecule has 0 atom stereocenters. The zero-order valence-corrected chi connectivity index (χ0v) is 12.1. The summed E-state index contributed by atoms with van der Waals surface area (Å²) in [6, 6.07) is 15.9. The van der Waals surface area contributed by atoms with Gasteiger partial charge in [0.2, 0.25) is 0 Å². The first-order valence-electron chi connectivity index (χ1n) is 5.96. The van der Waals surface area contributed by atoms with E-state index in [0.29, 0.717) is 6.61 Å². The van der Waals surface area contributed by atoms with E-state index in [1.165, 1.54) is 0 Å². The van der Waals surface area contributed by atoms with E-state index < -0.39 is 0 Å². The summed E-state index contributed by atoms with van der Waals surface area (Å²) < 4.78 is 6.11. The molecule has 0 spiro atoms. The zero-order chi connectivity index (χ0) is 13.7. The van der Waals surface area contributed by atoms with Crippen LogP contribution in [0.5, 0.6) is 5.75 Å². The summed E-state index contributed by atoms with van der Waals surface area (Å²) in [5, 5.41) is 0. The Morgan fingerprint density at radius 3 is 2.47 bits per heavy atom. The molecule has 0 fully saturated rings. The van der Waals surface area contributed by atoms with E-state index in [0.717, 1.165) is 22.4 Å². The van der Waals surface area contributed by atoms with Gasteiger partial charge in [-0.1, -0.05) is 71.7 Å². The highest BCUT2D eigenvalue weighted by molar-refractivity contribution is 6.57. The minimum Gasteiger partial charge on any atom is -0.488 e. The van der Waals surface area contributed by atoms with Gasteiger partial charge in [-0.3, -0.25) is 0 Å². The molecule has 0 bridgehead atoms. The van der Waals surface area contributed by atoms with Gasteiger partial charge >= 0.3 is 0 Å². The summed E-state index contributed by atoms with van der Waals surface area (Å²) in [6.07, 6.45) is 1.69. The zero-order valence-electron chi connectivity index (χ0n) is 10.6. The summed E-state index contributed by atoms with van der Waals surface area (Å²) in [5.41, 5.74) is 3.06. The molecule has 0 aliphatic carbocycles. The molecule has 1 nitrogen and oxygen atoms in total. The fourth-order valence-corrected chi connectivity index (χ4v) is 2.07. The average Bonchev–Trinajstić information content (AvgIpc) is 2.38. The van der Waals surface area contributed by atoms with Crippen molar-refractivity contribution < 1.29 is 4.74 Å². The van der Waals surface area contributed by atoms with Gasteiger partial charge in [0.25, 0.3) is 0 Å². The molecule has 2 aromatic rings. The number of hydrogen-bond acceptors (Lipinski definition) is 1. The van der Waals surface area contributed by atoms with Crippen LogP contribution < -0.4 is 4.74 Å². The second-order valence-corrected chi connectivity index (χ2v) is 5.21. The third kappa shape index (κ3) is 4.02. The summed E-state index contributed by atoms with van der Waals surface area (Å²) >= 11 is 11.4. The molecule has 0 unspecified atom stereocenters. The molecule has 0 amide bonds. The lowest BCUT2D eigenvalue weighted by Gasteiger charge is -2.12. The van der Waals surface area contributed by atoms with Crippen LogP contribution >= 0.6 is 23.2 Å². The van der Waals surface area contributed by atoms with Crippen molar-refractivity contribution >= 4 is 29.3 Å². The third-order valence-corrected chi connectivity index (χ3v) is 2.95. The fourth-order valence-electron chi connectivity index (χ4n) is 1.83. The number of rotatable bonds is 4. The van der Waals surface area contributed by atoms with Gasteiger partial charge in [0.15, 0.2) is 0 Å². The van der Waals surface area contributed by atoms with E-state index in [4.69, 9.17) is 27.9 Å². The molecule has 0 aliphatic rings. The van der Waals surface area contributed by atoms with Crippen molar-refractivity contribution in [3.05, 3.63) is 69.7 Å². The smallest absolute Gasteiger partial charge is 0.130 e. The van der Waals surface area contributed by atoms with Crippen molar-refractivity contribution in [1.82, 2.24) is 0 Å². The number of para-hydroxylation sites is 1. The van der Waals surface area contributed by atoms with Gasteiger partial charge in [0.05, 0.1) is 0 Å². The van der Waals surface area contributed by atoms with Crippen molar-refractivity contribution in [2.24, 2.45) is 0 Å². The Morgan fingerprint density at radius 2 is 1.79 bits per heavy atom. The first kappa shape index (κ1) is 14.0. The van der Waals surface area contributed by atoms with E-state index >= 15 is 0 Å². The lowest BCUT2D eigenvalue weighted by molar-refractivity contribution is 0.303. The summed E-state index contributed by atoms with van der Waals surface area (Å²) in [7, 11) is 0. The molecule has 0 aromatic heterocycles. The monoisotopic (exact) mass is 292 g/mol. The highest BCUT2D eigenvalue weighted by Gasteiger charge is 2.06. The maximum atomic E-state index is 5.89. The number of ether oxygens (including phenoxy) is 1. The number of halogens is 2. The SMILES string of the molecule is Cc1cccc(C=C(Cl)Cl)c1OCc1ccccc1. The normalized spacial score (nSPS) is 10.1. The molecular formula is C16H14Cl2O. The molecule has 0 aliphatic heterocycles. The lowest BCUT2D eigenvalue weighted by Crippen LogP contribution is -1.98. The highest BCUT2D eigenvalue weighted by Crippen LogP contribution is 2.28. The van der Waals surface area contributed by atoms with E-state index in [2.05, 4.69) is 0 Å². The molecule has 19 heavy (non-hydrogen) atoms. The Kier molecular flexibility index (Phi) is 4.89. The molecular weight excluding hydrogens is 279 g/mol. The van der Waals surface area contributed by atoms with Gasteiger partial charge in [-0.15, -0.1) is 0 Å². The number of hydrogen-bond donors (Lipinski definition) is 0. The third-order valence-electron chi connectivity index (χ3n) is 2.73. The molecule has 2 rings (SSSR count). The van der Waals surface area contributed by atoms with Gasteiger partial charge in [-0.25, -0.2) is 0 Å². The predicted octanol–water partition coefficient (Wildman–Crippen LogP) is 5.35. The van der Waals surface area contributed by atoms with E-state index in [1.54, 1.807) is 6.08 Å². The number of aryl methyl sites for hydroxylation is 1. The Morgan fingerprint density at radius 1 is 1.05 bits per heavy atom. The first-order valence-corrected chi connectivity index (χ1v) is 6.71. The average molecular weight is 293 g/mol. The van der Waals surface area contributed by atoms with Crippen LogP contribution in [-0.2, 0) is 6.61 Å². The van der Waals surface area contributed by atoms with Crippen molar-refractivity contribution in [2.75, 3.05) is 0 Å². The molecule has 98 valence electrons. The van der Waals surface area contributed by atoms with Crippen molar-refractivity contribution in [3.63, 3.8) is 0 Å². The quantitative estimate of drug-likeness (QED) is 0.738. The second kappa shape index (κ2) is 6.65. The van der Waals surface area contributed by atoms with Gasteiger partial charge in [0, 0.05) is 5.56 Å². The molecule has 0 N–H and O–H groups in total. The van der Waals surface area contributed by atoms with Crippen LogP contribution in [0.4, 0.5) is 0 Å². The lowest BCUT2D eigenvalue weighted by atomic mass is 10.1. The largest absolute Gasteiger partial charge is 0.488 e. The Labute approximate surface area is 123 Å². The Bertz CT molecular complexity index is 573. The van der Waals surface area contributed by atoms with Crippen LogP contribution in [-0.4, -0.2) is 0 Å². The summed E-state index contributed by atoms with van der Waals surface area (Å²) in [6.45, 7) is 2.52. The summed E-state index contributed by atoms with van der Waals surface area (Å²) in [4.78, 5) is 0. The van der Waals surface area contributed by atoms with Gasteiger partial charge in [-0.05, 0) is 24.1 Å². The standard InChI is InChI=1S/C16H14Cl2O/c1-12-6-5-9-14(10-15(17)18)16(12)19-11-13-7-3-2-4-8-13/h2-10H,11H2,1H3. The minimum absolute atomic E-state index is 0.218. The highest BCUT2D eigenvalue weighted by atomic mass is 35.5. The maximum absolute atomic E-state index is 5.89. The minimum atomic E-state index is 0.218. The number of benzene rings is 2. The van der Waals surface area contributed by atoms with Gasteiger partial charge < -0.3 is 4.74 Å². The second-order valence-electron chi connectivity index (χ2n) is 4.20. The fraction of sp³-hybridized carbons (Fsp3) is 0.125. The summed E-state index contributed by atoms with van der Waals surface area (Å²) in [5.74, 6) is 0.810. The van der Waals surface area contributed by atoms with Crippen molar-refractivity contribution in [1.29, 1.82) is 0 Å². The molecule has 2 aromatic carbocycles. The van der Waals surface area contributed by atoms with E-state index in [1.807, 2.05) is 55.5 Å². The van der Waals surface area contributed by atoms with Crippen LogP contribution in [0.2, 0.25) is 0 Å². The van der Waals surface area contributed by atoms with E-state index in [9.17, 15) is 0 Å². The molecule has 0 saturated carbocycles. The van der Waals surface area contributed by atoms with Crippen molar-refractivity contribution in [3.8, 4) is 5.75 Å². The Hall–Kier alpha value is -1.44. The maximum Gasteiger partial charge on any atom is 0.130 e. The molecule has 0 radical (unpaired) electrons. The van der Waals surface area contributed by atoms with Crippen LogP contribution in [0.3, 0.4) is 0 Å². The van der Waals surface area contributed by atoms with Gasteiger partial charge in [-0.2, -0.15) is 0 Å². The topological polar surface area (TPSA) is 9.23 Å². The van der Waals surface area contributed by atoms with Crippen LogP contribution in [0.25, 0.3) is 6.08 Å². The van der Waals surface area contributed by atoms with Gasteiger partial charge in [0.1, 0.15) is 16.8 Å². The predicted molar refractivity (Wildman–Crippen MR) is 81.6 cm³/mol. The van der Waals surface area contributed by atoms with Crippen LogP contribution in [0.15, 0.2) is 53.0 Å². The Balaban J connectivity index is 2.22. The van der Waals surface area contributed by atoms with Crippen LogP contribution in [0.1, 0.15) is 16.7 Å². The molecule has 0 saturated heterocycles. The first-order chi connectivity index (χ1) is 9.16. The molecule has 3 heteroatoms. The van der Waals surface area contributed by atoms with Crippen molar-refractivity contribution in [2.45, 2.75) is 13.5 Å². The van der Waals surface area contributed by atoms with Crippen LogP contribution in [0, 0.1) is 6.92 Å². The molecule has 0 heterocycles.